The monoisotopic (exact) mass is 2020 g/mol. The van der Waals surface area contributed by atoms with Crippen LogP contribution >= 0.6 is 23.4 Å². The highest BCUT2D eigenvalue weighted by Crippen LogP contribution is 2.20. The standard InChI is InChI=1S/2C38H74N2O6.C32H63NO4.C6H12ClNOS/c2*1-5-7-9-11-13-15-17-19-21-23-25-28-36(41)44-34-31-40(38(43)46-33-27-30-39(3)4)32-35-45-37(42)29-26-24-22-20-18-16-14-12-10-8-6-2;1-3-5-7-9-11-13-15-17-19-21-23-25-31(34)36-29-27-33-28-30-37-32(35)26-24-22-20-18-16-14-12-10-8-6-4-2;1-8(2)3-4-10-5-6(7)9/h2*5-35H2,1-4H3;33H,3-30H2,1-2H3;3-5H2,1-2H3. The highest BCUT2D eigenvalue weighted by molar-refractivity contribution is 8.00. The molecule has 1 N–H and O–H groups in total. The molecule has 824 valence electrons. The maximum Gasteiger partial charge on any atom is 0.409 e. The second-order valence-electron chi connectivity index (χ2n) is 39.5. The van der Waals surface area contributed by atoms with E-state index in [0.29, 0.717) is 83.8 Å². The fourth-order valence-corrected chi connectivity index (χ4v) is 17.0. The molecule has 0 spiro atoms. The van der Waals surface area contributed by atoms with Crippen molar-refractivity contribution in [3.05, 3.63) is 0 Å². The number of nitrogens with one attached hydrogen (secondary N) is 1. The molecule has 0 heterocycles. The Kier molecular flexibility index (Phi) is 120. The van der Waals surface area contributed by atoms with E-state index in [0.717, 1.165) is 141 Å². The summed E-state index contributed by atoms with van der Waals surface area (Å²) in [7, 11) is 11.9. The van der Waals surface area contributed by atoms with Crippen LogP contribution in [0.15, 0.2) is 0 Å². The van der Waals surface area contributed by atoms with Gasteiger partial charge < -0.3 is 67.7 Å². The van der Waals surface area contributed by atoms with E-state index in [1.165, 1.54) is 331 Å². The van der Waals surface area contributed by atoms with Crippen molar-refractivity contribution in [3.63, 3.8) is 0 Å². The summed E-state index contributed by atoms with van der Waals surface area (Å²) in [5.74, 6) is 0.276. The van der Waals surface area contributed by atoms with E-state index in [2.05, 4.69) is 51.8 Å². The molecular formula is C114H223ClN6O17S. The van der Waals surface area contributed by atoms with Crippen LogP contribution in [-0.2, 0) is 71.5 Å². The number of carbonyl (C=O) groups excluding carboxylic acids is 9. The SMILES string of the molecule is CCCCCCCCCCCCCC(=O)OCCN(CCOC(=O)CCCCCCCCCCCCC)C(=O)OCCCN(C)C.CCCCCCCCCCCCCC(=O)OCCN(CCOC(=O)CCCCCCCCCCCCC)C(=O)OCCCN(C)C.CCCCCCCCCCCCCC(=O)OCCNCCOC(=O)CCCCCCCCCCCCC.CN(C)CCSCC(=O)Cl. The number of amides is 2. The van der Waals surface area contributed by atoms with E-state index in [-0.39, 0.29) is 93.7 Å². The number of rotatable bonds is 103. The average molecular weight is 2020 g/mol. The van der Waals surface area contributed by atoms with Crippen LogP contribution in [0.25, 0.3) is 0 Å². The number of nitrogens with zero attached hydrogens (tertiary/aromatic N) is 5. The number of halogens is 1. The molecule has 0 aliphatic carbocycles. The number of unbranched alkanes of at least 4 members (excludes halogenated alkanes) is 60. The number of hydrogen-bond acceptors (Lipinski definition) is 22. The molecule has 2 amide bonds. The van der Waals surface area contributed by atoms with Crippen molar-refractivity contribution in [3.8, 4) is 0 Å². The third kappa shape index (κ3) is 124. The quantitative estimate of drug-likeness (QED) is 0.0257. The van der Waals surface area contributed by atoms with Gasteiger partial charge in [-0.05, 0) is 105 Å². The van der Waals surface area contributed by atoms with Crippen molar-refractivity contribution >= 4 is 76.6 Å². The first-order chi connectivity index (χ1) is 67.6. The summed E-state index contributed by atoms with van der Waals surface area (Å²) in [6.07, 6.45) is 85.7. The van der Waals surface area contributed by atoms with Gasteiger partial charge in [0.25, 0.3) is 0 Å². The average Bonchev–Trinajstić information content (AvgIpc) is 0.933. The van der Waals surface area contributed by atoms with Gasteiger partial charge in [-0.2, -0.15) is 11.8 Å². The molecule has 0 rings (SSSR count). The summed E-state index contributed by atoms with van der Waals surface area (Å²) in [5.41, 5.74) is 0. The Balaban J connectivity index is -0.000000939. The topological polar surface area (TPSA) is 256 Å². The molecule has 139 heavy (non-hydrogen) atoms. The fourth-order valence-electron chi connectivity index (χ4n) is 16.0. The molecule has 0 aromatic rings. The van der Waals surface area contributed by atoms with Crippen molar-refractivity contribution in [1.29, 1.82) is 0 Å². The van der Waals surface area contributed by atoms with Crippen LogP contribution in [0, 0.1) is 0 Å². The molecule has 23 nitrogen and oxygen atoms in total. The van der Waals surface area contributed by atoms with Crippen molar-refractivity contribution in [1.82, 2.24) is 29.8 Å². The van der Waals surface area contributed by atoms with Crippen LogP contribution in [0.5, 0.6) is 0 Å². The third-order valence-corrected chi connectivity index (χ3v) is 26.1. The normalized spacial score (nSPS) is 11.1. The molecule has 0 aromatic carbocycles. The fraction of sp³-hybridized carbons (Fsp3) is 0.921. The predicted molar refractivity (Wildman–Crippen MR) is 584 cm³/mol. The smallest absolute Gasteiger partial charge is 0.409 e. The first-order valence-electron chi connectivity index (χ1n) is 57.8. The van der Waals surface area contributed by atoms with Gasteiger partial charge in [-0.15, -0.1) is 0 Å². The molecule has 0 radical (unpaired) electrons. The molecule has 0 saturated heterocycles. The Morgan fingerprint density at radius 1 is 0.209 bits per heavy atom. The lowest BCUT2D eigenvalue weighted by Crippen LogP contribution is -2.38. The Morgan fingerprint density at radius 2 is 0.381 bits per heavy atom. The van der Waals surface area contributed by atoms with E-state index in [9.17, 15) is 43.2 Å². The Bertz CT molecular complexity index is 2390. The molecule has 0 bridgehead atoms. The first-order valence-corrected chi connectivity index (χ1v) is 59.3. The maximum atomic E-state index is 12.7. The number of thioether (sulfide) groups is 1. The van der Waals surface area contributed by atoms with Crippen LogP contribution in [0.2, 0.25) is 0 Å². The van der Waals surface area contributed by atoms with Gasteiger partial charge in [-0.25, -0.2) is 9.59 Å². The lowest BCUT2D eigenvalue weighted by Gasteiger charge is -2.22. The Hall–Kier alpha value is -4.49. The Labute approximate surface area is 864 Å². The minimum Gasteiger partial charge on any atom is -0.464 e. The highest BCUT2D eigenvalue weighted by Gasteiger charge is 2.20. The largest absolute Gasteiger partial charge is 0.464 e. The molecule has 0 fully saturated rings. The second-order valence-corrected chi connectivity index (χ2v) is 41.0. The van der Waals surface area contributed by atoms with Gasteiger partial charge in [-0.3, -0.25) is 33.6 Å². The molecule has 25 heteroatoms. The van der Waals surface area contributed by atoms with Gasteiger partial charge in [0.2, 0.25) is 5.24 Å². The summed E-state index contributed by atoms with van der Waals surface area (Å²) in [5, 5.41) is 2.90. The van der Waals surface area contributed by atoms with Gasteiger partial charge in [0, 0.05) is 77.0 Å². The van der Waals surface area contributed by atoms with Gasteiger partial charge in [0.1, 0.15) is 39.6 Å². The summed E-state index contributed by atoms with van der Waals surface area (Å²) >= 11 is 6.69. The minimum absolute atomic E-state index is 0.101. The van der Waals surface area contributed by atoms with Crippen molar-refractivity contribution in [2.45, 2.75) is 517 Å². The molecule has 0 saturated carbocycles. The van der Waals surface area contributed by atoms with Gasteiger partial charge in [-0.1, -0.05) is 427 Å². The number of hydrogen-bond donors (Lipinski definition) is 1. The first kappa shape index (κ1) is 141. The van der Waals surface area contributed by atoms with E-state index >= 15 is 0 Å². The minimum atomic E-state index is -0.471. The maximum absolute atomic E-state index is 12.7. The van der Waals surface area contributed by atoms with Crippen LogP contribution in [0.1, 0.15) is 517 Å². The van der Waals surface area contributed by atoms with E-state index in [1.54, 1.807) is 11.8 Å². The van der Waals surface area contributed by atoms with Crippen LogP contribution in [0.3, 0.4) is 0 Å². The van der Waals surface area contributed by atoms with Crippen molar-refractivity contribution < 1.29 is 81.0 Å². The second kappa shape index (κ2) is 119. The molecule has 0 aromatic heterocycles. The van der Waals surface area contributed by atoms with Gasteiger partial charge in [0.15, 0.2) is 0 Å². The summed E-state index contributed by atoms with van der Waals surface area (Å²) in [6.45, 7) is 20.0. The summed E-state index contributed by atoms with van der Waals surface area (Å²) < 4.78 is 43.1. The number of ether oxygens (including phenoxy) is 8. The highest BCUT2D eigenvalue weighted by atomic mass is 35.5. The van der Waals surface area contributed by atoms with Crippen LogP contribution in [0.4, 0.5) is 9.59 Å². The number of esters is 6. The van der Waals surface area contributed by atoms with Gasteiger partial charge in [0.05, 0.1) is 45.1 Å². The lowest BCUT2D eigenvalue weighted by atomic mass is 10.1. The van der Waals surface area contributed by atoms with E-state index in [1.807, 2.05) is 52.1 Å². The number of carbonyl (C=O) groups is 9. The zero-order valence-electron chi connectivity index (χ0n) is 92.7. The molecular weight excluding hydrogens is 1790 g/mol. The molecule has 0 aliphatic heterocycles. The zero-order valence-corrected chi connectivity index (χ0v) is 94.3. The Morgan fingerprint density at radius 3 is 0.554 bits per heavy atom. The van der Waals surface area contributed by atoms with E-state index in [4.69, 9.17) is 49.5 Å². The predicted octanol–water partition coefficient (Wildman–Crippen LogP) is 29.8. The molecule has 0 aliphatic rings. The molecule has 0 unspecified atom stereocenters. The van der Waals surface area contributed by atoms with E-state index < -0.39 is 12.2 Å². The summed E-state index contributed by atoms with van der Waals surface area (Å²) in [4.78, 5) is 117. The van der Waals surface area contributed by atoms with Crippen LogP contribution < -0.4 is 5.32 Å². The third-order valence-electron chi connectivity index (χ3n) is 24.9. The zero-order chi connectivity index (χ0) is 103. The lowest BCUT2D eigenvalue weighted by molar-refractivity contribution is -0.146. The van der Waals surface area contributed by atoms with Gasteiger partial charge >= 0.3 is 48.0 Å². The molecule has 0 atom stereocenters. The van der Waals surface area contributed by atoms with Crippen molar-refractivity contribution in [2.24, 2.45) is 0 Å². The van der Waals surface area contributed by atoms with Crippen molar-refractivity contribution in [2.75, 3.05) is 166 Å². The van der Waals surface area contributed by atoms with Crippen LogP contribution in [-0.4, -0.2) is 243 Å². The summed E-state index contributed by atoms with van der Waals surface area (Å²) in [6, 6.07) is 0.